The number of hydrogen-bond donors (Lipinski definition) is 2. The molecule has 1 aromatic heterocycles. The first-order chi connectivity index (χ1) is 11.1. The summed E-state index contributed by atoms with van der Waals surface area (Å²) in [5, 5.41) is 23.8. The minimum Gasteiger partial charge on any atom is -0.459 e. The average Bonchev–Trinajstić information content (AvgIpc) is 3.03. The fraction of sp³-hybridized carbons (Fsp3) is 0.375. The van der Waals surface area contributed by atoms with E-state index in [2.05, 4.69) is 5.32 Å². The first-order valence-electron chi connectivity index (χ1n) is 7.26. The highest BCUT2D eigenvalue weighted by Gasteiger charge is 2.18. The number of thioether (sulfide) groups is 1. The van der Waals surface area contributed by atoms with E-state index in [1.807, 2.05) is 13.2 Å². The van der Waals surface area contributed by atoms with E-state index in [0.717, 1.165) is 0 Å². The number of aliphatic hydroxyl groups excluding tert-OH is 1. The van der Waals surface area contributed by atoms with Crippen LogP contribution in [0.1, 0.15) is 12.7 Å². The number of para-hydroxylation sites is 1. The SMILES string of the molecule is CSC(CO)C(C)NCc1ccc(-c2ccccc2[N+](=O)[O-])o1. The van der Waals surface area contributed by atoms with Crippen molar-refractivity contribution in [1.82, 2.24) is 5.32 Å². The monoisotopic (exact) mass is 336 g/mol. The molecule has 0 saturated carbocycles. The molecule has 0 aliphatic heterocycles. The number of aliphatic hydroxyl groups is 1. The van der Waals surface area contributed by atoms with E-state index in [4.69, 9.17) is 4.42 Å². The molecule has 1 aromatic carbocycles. The van der Waals surface area contributed by atoms with Crippen molar-refractivity contribution in [2.45, 2.75) is 24.8 Å². The molecule has 23 heavy (non-hydrogen) atoms. The van der Waals surface area contributed by atoms with Gasteiger partial charge in [-0.25, -0.2) is 0 Å². The molecule has 0 aliphatic carbocycles. The molecular weight excluding hydrogens is 316 g/mol. The van der Waals surface area contributed by atoms with E-state index < -0.39 is 4.92 Å². The summed E-state index contributed by atoms with van der Waals surface area (Å²) < 4.78 is 5.72. The first-order valence-corrected chi connectivity index (χ1v) is 8.55. The van der Waals surface area contributed by atoms with E-state index in [-0.39, 0.29) is 23.6 Å². The number of nitro groups is 1. The van der Waals surface area contributed by atoms with Gasteiger partial charge in [-0.15, -0.1) is 0 Å². The normalized spacial score (nSPS) is 13.7. The molecule has 0 saturated heterocycles. The van der Waals surface area contributed by atoms with Gasteiger partial charge < -0.3 is 14.8 Å². The number of nitro benzene ring substituents is 1. The molecule has 0 bridgehead atoms. The molecule has 6 nitrogen and oxygen atoms in total. The highest BCUT2D eigenvalue weighted by molar-refractivity contribution is 7.99. The van der Waals surface area contributed by atoms with Gasteiger partial charge in [-0.05, 0) is 31.4 Å². The fourth-order valence-electron chi connectivity index (χ4n) is 2.29. The maximum absolute atomic E-state index is 11.1. The van der Waals surface area contributed by atoms with Crippen LogP contribution in [0, 0.1) is 10.1 Å². The van der Waals surface area contributed by atoms with Crippen molar-refractivity contribution < 1.29 is 14.4 Å². The van der Waals surface area contributed by atoms with Crippen LogP contribution in [-0.2, 0) is 6.54 Å². The Kier molecular flexibility index (Phi) is 6.20. The topological polar surface area (TPSA) is 88.5 Å². The number of furan rings is 1. The Balaban J connectivity index is 2.08. The lowest BCUT2D eigenvalue weighted by atomic mass is 10.1. The Bertz CT molecular complexity index is 655. The van der Waals surface area contributed by atoms with Crippen LogP contribution in [0.25, 0.3) is 11.3 Å². The summed E-state index contributed by atoms with van der Waals surface area (Å²) in [6, 6.07) is 10.2. The van der Waals surface area contributed by atoms with Gasteiger partial charge in [0, 0.05) is 17.4 Å². The summed E-state index contributed by atoms with van der Waals surface area (Å²) in [7, 11) is 0. The van der Waals surface area contributed by atoms with Gasteiger partial charge >= 0.3 is 0 Å². The van der Waals surface area contributed by atoms with E-state index in [0.29, 0.717) is 23.6 Å². The van der Waals surface area contributed by atoms with Gasteiger partial charge in [0.2, 0.25) is 0 Å². The van der Waals surface area contributed by atoms with Gasteiger partial charge in [-0.3, -0.25) is 10.1 Å². The van der Waals surface area contributed by atoms with Gasteiger partial charge in [0.05, 0.1) is 23.6 Å². The molecule has 0 fully saturated rings. The standard InChI is InChI=1S/C16H20N2O4S/c1-11(16(10-19)23-2)17-9-12-7-8-15(22-12)13-5-3-4-6-14(13)18(20)21/h3-8,11,16-17,19H,9-10H2,1-2H3. The zero-order valence-corrected chi connectivity index (χ0v) is 13.9. The van der Waals surface area contributed by atoms with Crippen LogP contribution in [0.4, 0.5) is 5.69 Å². The lowest BCUT2D eigenvalue weighted by molar-refractivity contribution is -0.384. The van der Waals surface area contributed by atoms with E-state index in [9.17, 15) is 15.2 Å². The molecule has 1 heterocycles. The Morgan fingerprint density at radius 2 is 2.09 bits per heavy atom. The maximum atomic E-state index is 11.1. The number of nitrogens with one attached hydrogen (secondary N) is 1. The van der Waals surface area contributed by atoms with Crippen molar-refractivity contribution >= 4 is 17.4 Å². The van der Waals surface area contributed by atoms with Gasteiger partial charge in [0.15, 0.2) is 0 Å². The van der Waals surface area contributed by atoms with Crippen molar-refractivity contribution in [2.24, 2.45) is 0 Å². The van der Waals surface area contributed by atoms with Crippen LogP contribution >= 0.6 is 11.8 Å². The smallest absolute Gasteiger partial charge is 0.280 e. The fourth-order valence-corrected chi connectivity index (χ4v) is 2.94. The van der Waals surface area contributed by atoms with Crippen LogP contribution in [0.15, 0.2) is 40.8 Å². The third-order valence-corrected chi connectivity index (χ3v) is 4.83. The molecule has 2 N–H and O–H groups in total. The molecule has 0 aliphatic rings. The van der Waals surface area contributed by atoms with Gasteiger partial charge in [-0.1, -0.05) is 12.1 Å². The third-order valence-electron chi connectivity index (χ3n) is 3.67. The number of nitrogens with zero attached hydrogens (tertiary/aromatic N) is 1. The Hall–Kier alpha value is -1.83. The maximum Gasteiger partial charge on any atom is 0.280 e. The molecule has 7 heteroatoms. The van der Waals surface area contributed by atoms with Crippen LogP contribution < -0.4 is 5.32 Å². The van der Waals surface area contributed by atoms with Gasteiger partial charge in [0.25, 0.3) is 5.69 Å². The average molecular weight is 336 g/mol. The Labute approximate surface area is 139 Å². The van der Waals surface area contributed by atoms with Crippen molar-refractivity contribution in [3.05, 3.63) is 52.3 Å². The van der Waals surface area contributed by atoms with Crippen molar-refractivity contribution in [1.29, 1.82) is 0 Å². The summed E-state index contributed by atoms with van der Waals surface area (Å²) in [4.78, 5) is 10.7. The zero-order valence-electron chi connectivity index (χ0n) is 13.1. The zero-order chi connectivity index (χ0) is 16.8. The molecule has 2 rings (SSSR count). The predicted octanol–water partition coefficient (Wildman–Crippen LogP) is 3.06. The highest BCUT2D eigenvalue weighted by Crippen LogP contribution is 2.30. The molecule has 2 unspecified atom stereocenters. The van der Waals surface area contributed by atoms with E-state index >= 15 is 0 Å². The summed E-state index contributed by atoms with van der Waals surface area (Å²) in [5.74, 6) is 1.17. The Morgan fingerprint density at radius 3 is 2.74 bits per heavy atom. The first kappa shape index (κ1) is 17.5. The van der Waals surface area contributed by atoms with Crippen molar-refractivity contribution in [3.8, 4) is 11.3 Å². The van der Waals surface area contributed by atoms with Crippen LogP contribution in [-0.4, -0.2) is 34.2 Å². The van der Waals surface area contributed by atoms with E-state index in [1.54, 1.807) is 42.1 Å². The second-order valence-electron chi connectivity index (χ2n) is 5.17. The van der Waals surface area contributed by atoms with Crippen LogP contribution in [0.2, 0.25) is 0 Å². The second kappa shape index (κ2) is 8.14. The Morgan fingerprint density at radius 1 is 1.35 bits per heavy atom. The van der Waals surface area contributed by atoms with E-state index in [1.165, 1.54) is 6.07 Å². The number of hydrogen-bond acceptors (Lipinski definition) is 6. The predicted molar refractivity (Wildman–Crippen MR) is 91.5 cm³/mol. The molecule has 124 valence electrons. The summed E-state index contributed by atoms with van der Waals surface area (Å²) >= 11 is 1.60. The summed E-state index contributed by atoms with van der Waals surface area (Å²) in [5.41, 5.74) is 0.492. The minimum atomic E-state index is -0.415. The summed E-state index contributed by atoms with van der Waals surface area (Å²) in [6.07, 6.45) is 1.96. The van der Waals surface area contributed by atoms with Crippen LogP contribution in [0.5, 0.6) is 0 Å². The molecule has 2 aromatic rings. The molecular formula is C16H20N2O4S. The molecule has 0 amide bonds. The molecule has 0 radical (unpaired) electrons. The summed E-state index contributed by atoms with van der Waals surface area (Å²) in [6.45, 7) is 2.61. The molecule has 0 spiro atoms. The largest absolute Gasteiger partial charge is 0.459 e. The number of rotatable bonds is 8. The van der Waals surface area contributed by atoms with Crippen molar-refractivity contribution in [3.63, 3.8) is 0 Å². The second-order valence-corrected chi connectivity index (χ2v) is 6.24. The van der Waals surface area contributed by atoms with Crippen LogP contribution in [0.3, 0.4) is 0 Å². The lowest BCUT2D eigenvalue weighted by Crippen LogP contribution is -2.36. The van der Waals surface area contributed by atoms with Gasteiger partial charge in [0.1, 0.15) is 11.5 Å². The molecule has 2 atom stereocenters. The minimum absolute atomic E-state index is 0.0254. The van der Waals surface area contributed by atoms with Gasteiger partial charge in [-0.2, -0.15) is 11.8 Å². The number of benzene rings is 1. The van der Waals surface area contributed by atoms with Crippen molar-refractivity contribution in [2.75, 3.05) is 12.9 Å². The third kappa shape index (κ3) is 4.34. The highest BCUT2D eigenvalue weighted by atomic mass is 32.2. The quantitative estimate of drug-likeness (QED) is 0.569. The lowest BCUT2D eigenvalue weighted by Gasteiger charge is -2.20.